The van der Waals surface area contributed by atoms with Crippen LogP contribution >= 0.6 is 11.6 Å². The summed E-state index contributed by atoms with van der Waals surface area (Å²) >= 11 is 6.27. The molecule has 1 aromatic heterocycles. The Bertz CT molecular complexity index is 1100. The Morgan fingerprint density at radius 3 is 2.75 bits per heavy atom. The molecular formula is C24H24ClFN4O2. The lowest BCUT2D eigenvalue weighted by molar-refractivity contribution is -0.147. The van der Waals surface area contributed by atoms with E-state index in [1.54, 1.807) is 25.3 Å². The first-order valence-corrected chi connectivity index (χ1v) is 10.7. The molecule has 1 saturated heterocycles. The minimum atomic E-state index is -0.955. The Balaban J connectivity index is 1.47. The molecule has 4 rings (SSSR count). The molecule has 2 heterocycles. The summed E-state index contributed by atoms with van der Waals surface area (Å²) < 4.78 is 19.3. The number of aromatic nitrogens is 1. The van der Waals surface area contributed by atoms with Crippen molar-refractivity contribution in [1.82, 2.24) is 10.3 Å². The number of anilines is 3. The van der Waals surface area contributed by atoms with Crippen LogP contribution in [0.2, 0.25) is 5.02 Å². The van der Waals surface area contributed by atoms with E-state index >= 15 is 0 Å². The highest BCUT2D eigenvalue weighted by Gasteiger charge is 2.40. The first-order chi connectivity index (χ1) is 15.5. The summed E-state index contributed by atoms with van der Waals surface area (Å²) in [6, 6.07) is 15.7. The highest BCUT2D eigenvalue weighted by molar-refractivity contribution is 6.33. The number of ketones is 1. The second kappa shape index (κ2) is 9.65. The summed E-state index contributed by atoms with van der Waals surface area (Å²) in [6.45, 7) is 3.65. The van der Waals surface area contributed by atoms with E-state index in [2.05, 4.69) is 20.9 Å². The van der Waals surface area contributed by atoms with Gasteiger partial charge in [0.1, 0.15) is 11.6 Å². The fraction of sp³-hybridized carbons (Fsp3) is 0.250. The number of carbonyl (C=O) groups excluding carboxylic acids is 1. The molecule has 6 nitrogen and oxygen atoms in total. The minimum Gasteiger partial charge on any atom is -0.380 e. The molecule has 0 saturated carbocycles. The van der Waals surface area contributed by atoms with Crippen molar-refractivity contribution in [3.8, 4) is 0 Å². The number of rotatable bonds is 7. The van der Waals surface area contributed by atoms with Crippen molar-refractivity contribution in [2.45, 2.75) is 19.1 Å². The number of carbonyl (C=O) groups is 1. The molecule has 0 aliphatic carbocycles. The van der Waals surface area contributed by atoms with Crippen LogP contribution in [0.3, 0.4) is 0 Å². The zero-order chi connectivity index (χ0) is 22.6. The molecular weight excluding hydrogens is 431 g/mol. The van der Waals surface area contributed by atoms with E-state index in [-0.39, 0.29) is 11.6 Å². The predicted octanol–water partition coefficient (Wildman–Crippen LogP) is 4.63. The number of nitrogens with zero attached hydrogens (tertiary/aromatic N) is 1. The highest BCUT2D eigenvalue weighted by Crippen LogP contribution is 2.31. The number of ether oxygens (including phenoxy) is 1. The van der Waals surface area contributed by atoms with Gasteiger partial charge in [0.15, 0.2) is 11.4 Å². The number of nitrogens with one attached hydrogen (secondary N) is 3. The lowest BCUT2D eigenvalue weighted by Gasteiger charge is -2.36. The summed E-state index contributed by atoms with van der Waals surface area (Å²) in [6.07, 6.45) is 1.55. The van der Waals surface area contributed by atoms with E-state index in [4.69, 9.17) is 16.3 Å². The quantitative estimate of drug-likeness (QED) is 0.483. The van der Waals surface area contributed by atoms with Gasteiger partial charge in [0.25, 0.3) is 0 Å². The molecule has 166 valence electrons. The van der Waals surface area contributed by atoms with Gasteiger partial charge >= 0.3 is 0 Å². The molecule has 0 spiro atoms. The molecule has 2 aromatic carbocycles. The summed E-state index contributed by atoms with van der Waals surface area (Å²) in [5, 5.41) is 10.2. The van der Waals surface area contributed by atoms with E-state index in [0.717, 1.165) is 23.4 Å². The van der Waals surface area contributed by atoms with Gasteiger partial charge in [0.2, 0.25) is 0 Å². The minimum absolute atomic E-state index is 0.0289. The average molecular weight is 455 g/mol. The second-order valence-electron chi connectivity index (χ2n) is 7.64. The maximum Gasteiger partial charge on any atom is 0.167 e. The van der Waals surface area contributed by atoms with E-state index in [0.29, 0.717) is 36.2 Å². The van der Waals surface area contributed by atoms with Crippen molar-refractivity contribution < 1.29 is 13.9 Å². The molecule has 8 heteroatoms. The third-order valence-corrected chi connectivity index (χ3v) is 5.72. The summed E-state index contributed by atoms with van der Waals surface area (Å²) in [5.74, 6) is 0.288. The zero-order valence-electron chi connectivity index (χ0n) is 17.6. The summed E-state index contributed by atoms with van der Waals surface area (Å²) in [7, 11) is 0. The molecule has 1 fully saturated rings. The van der Waals surface area contributed by atoms with Gasteiger partial charge in [-0.15, -0.1) is 0 Å². The van der Waals surface area contributed by atoms with Crippen molar-refractivity contribution in [3.63, 3.8) is 0 Å². The standard InChI is InChI=1S/C24H24ClFN4O2/c1-16(31)24(15-27-9-10-32-24)18-5-7-20(8-6-18)30-23-12-22(21(25)14-29-23)28-13-17-3-2-4-19(26)11-17/h2-8,11-12,14,27H,9-10,13,15H2,1H3,(H2,28,29,30). The molecule has 0 amide bonds. The Labute approximate surface area is 191 Å². The summed E-state index contributed by atoms with van der Waals surface area (Å²) in [5.41, 5.74) is 2.15. The van der Waals surface area contributed by atoms with Crippen LogP contribution in [0, 0.1) is 5.82 Å². The van der Waals surface area contributed by atoms with Gasteiger partial charge in [-0.1, -0.05) is 35.9 Å². The van der Waals surface area contributed by atoms with Gasteiger partial charge in [-0.25, -0.2) is 9.37 Å². The van der Waals surface area contributed by atoms with Crippen LogP contribution in [0.25, 0.3) is 0 Å². The molecule has 1 aliphatic rings. The fourth-order valence-electron chi connectivity index (χ4n) is 3.69. The number of benzene rings is 2. The highest BCUT2D eigenvalue weighted by atomic mass is 35.5. The lowest BCUT2D eigenvalue weighted by Crippen LogP contribution is -2.51. The number of hydrogen-bond donors (Lipinski definition) is 3. The molecule has 3 aromatic rings. The average Bonchev–Trinajstić information content (AvgIpc) is 2.80. The summed E-state index contributed by atoms with van der Waals surface area (Å²) in [4.78, 5) is 16.6. The van der Waals surface area contributed by atoms with Crippen molar-refractivity contribution in [3.05, 3.63) is 82.8 Å². The fourth-order valence-corrected chi connectivity index (χ4v) is 3.86. The Morgan fingerprint density at radius 1 is 1.25 bits per heavy atom. The van der Waals surface area contributed by atoms with Crippen LogP contribution in [0.15, 0.2) is 60.8 Å². The maximum atomic E-state index is 13.4. The van der Waals surface area contributed by atoms with Gasteiger partial charge in [-0.05, 0) is 42.3 Å². The van der Waals surface area contributed by atoms with Crippen molar-refractivity contribution in [2.24, 2.45) is 0 Å². The smallest absolute Gasteiger partial charge is 0.167 e. The normalized spacial score (nSPS) is 18.2. The monoisotopic (exact) mass is 454 g/mol. The SMILES string of the molecule is CC(=O)C1(c2ccc(Nc3cc(NCc4cccc(F)c4)c(Cl)cn3)cc2)CNCCO1. The topological polar surface area (TPSA) is 75.3 Å². The van der Waals surface area contributed by atoms with Crippen LogP contribution in [-0.4, -0.2) is 30.5 Å². The van der Waals surface area contributed by atoms with Crippen LogP contribution in [0.1, 0.15) is 18.1 Å². The number of hydrogen-bond acceptors (Lipinski definition) is 6. The Hall–Kier alpha value is -3.00. The molecule has 0 radical (unpaired) electrons. The molecule has 1 atom stereocenters. The number of pyridine rings is 1. The van der Waals surface area contributed by atoms with E-state index in [1.807, 2.05) is 30.3 Å². The lowest BCUT2D eigenvalue weighted by atomic mass is 9.88. The van der Waals surface area contributed by atoms with Gasteiger partial charge in [-0.3, -0.25) is 4.79 Å². The first-order valence-electron chi connectivity index (χ1n) is 10.3. The van der Waals surface area contributed by atoms with Crippen LogP contribution < -0.4 is 16.0 Å². The Morgan fingerprint density at radius 2 is 2.06 bits per heavy atom. The van der Waals surface area contributed by atoms with Crippen LogP contribution in [0.4, 0.5) is 21.6 Å². The molecule has 1 aliphatic heterocycles. The third-order valence-electron chi connectivity index (χ3n) is 5.42. The number of halogens is 2. The predicted molar refractivity (Wildman–Crippen MR) is 124 cm³/mol. The Kier molecular flexibility index (Phi) is 6.69. The molecule has 32 heavy (non-hydrogen) atoms. The van der Waals surface area contributed by atoms with Gasteiger partial charge < -0.3 is 20.7 Å². The van der Waals surface area contributed by atoms with Crippen LogP contribution in [-0.2, 0) is 21.7 Å². The van der Waals surface area contributed by atoms with E-state index in [1.165, 1.54) is 12.1 Å². The third kappa shape index (κ3) is 4.91. The van der Waals surface area contributed by atoms with E-state index in [9.17, 15) is 9.18 Å². The van der Waals surface area contributed by atoms with E-state index < -0.39 is 5.60 Å². The van der Waals surface area contributed by atoms with Crippen molar-refractivity contribution in [2.75, 3.05) is 30.3 Å². The van der Waals surface area contributed by atoms with Gasteiger partial charge in [0.05, 0.1) is 23.5 Å². The van der Waals surface area contributed by atoms with Gasteiger partial charge in [0, 0.05) is 31.4 Å². The molecule has 1 unspecified atom stereocenters. The van der Waals surface area contributed by atoms with Crippen molar-refractivity contribution >= 4 is 34.6 Å². The zero-order valence-corrected chi connectivity index (χ0v) is 18.4. The molecule has 3 N–H and O–H groups in total. The first kappa shape index (κ1) is 22.2. The van der Waals surface area contributed by atoms with Gasteiger partial charge in [-0.2, -0.15) is 0 Å². The maximum absolute atomic E-state index is 13.4. The molecule has 0 bridgehead atoms. The second-order valence-corrected chi connectivity index (χ2v) is 8.05. The van der Waals surface area contributed by atoms with Crippen LogP contribution in [0.5, 0.6) is 0 Å². The number of morpholine rings is 1. The van der Waals surface area contributed by atoms with Crippen molar-refractivity contribution in [1.29, 1.82) is 0 Å². The number of Topliss-reactive ketones (excluding diaryl/α,β-unsaturated/α-hetero) is 1. The largest absolute Gasteiger partial charge is 0.380 e.